The number of hydrogen-bond acceptors (Lipinski definition) is 6. The Kier molecular flexibility index (Phi) is 4.11. The summed E-state index contributed by atoms with van der Waals surface area (Å²) in [4.78, 5) is 16.3. The number of imidazole rings is 1. The van der Waals surface area contributed by atoms with E-state index < -0.39 is 11.9 Å². The van der Waals surface area contributed by atoms with Crippen molar-refractivity contribution in [3.63, 3.8) is 0 Å². The minimum atomic E-state index is -4.49. The van der Waals surface area contributed by atoms with Crippen LogP contribution in [0.1, 0.15) is 11.3 Å². The third-order valence-electron chi connectivity index (χ3n) is 3.74. The van der Waals surface area contributed by atoms with Crippen LogP contribution >= 0.6 is 11.3 Å². The fourth-order valence-corrected chi connectivity index (χ4v) is 3.44. The molecule has 8 nitrogen and oxygen atoms in total. The predicted octanol–water partition coefficient (Wildman–Crippen LogP) is 2.78. The zero-order chi connectivity index (χ0) is 19.0. The van der Waals surface area contributed by atoms with E-state index >= 15 is 0 Å². The minimum absolute atomic E-state index is 0.0447. The Hall–Kier alpha value is -3.28. The number of anilines is 1. The van der Waals surface area contributed by atoms with Crippen LogP contribution in [-0.2, 0) is 17.4 Å². The molecule has 0 spiro atoms. The number of aromatic nitrogens is 6. The molecule has 1 aromatic carbocycles. The van der Waals surface area contributed by atoms with Crippen LogP contribution in [-0.4, -0.2) is 35.9 Å². The monoisotopic (exact) mass is 393 g/mol. The van der Waals surface area contributed by atoms with Crippen LogP contribution in [0.3, 0.4) is 0 Å². The Morgan fingerprint density at radius 2 is 2.04 bits per heavy atom. The van der Waals surface area contributed by atoms with Crippen LogP contribution in [0.2, 0.25) is 0 Å². The van der Waals surface area contributed by atoms with Gasteiger partial charge < -0.3 is 5.32 Å². The standard InChI is InChI=1S/C15H10F3N7OS/c16-15(17,18)10-6-27-14-13(19-7-25(10)14)20-11(26)5-8-1-3-9(4-2-8)12-21-23-24-22-12/h1-4,6-7H,5H2,(H,20,26)(H,21,22,23,24). The van der Waals surface area contributed by atoms with Gasteiger partial charge in [0.15, 0.2) is 5.82 Å². The molecular weight excluding hydrogens is 383 g/mol. The molecule has 138 valence electrons. The number of nitrogens with zero attached hydrogens (tertiary/aromatic N) is 5. The van der Waals surface area contributed by atoms with Gasteiger partial charge in [-0.25, -0.2) is 4.98 Å². The van der Waals surface area contributed by atoms with Gasteiger partial charge >= 0.3 is 6.18 Å². The molecule has 4 aromatic rings. The quantitative estimate of drug-likeness (QED) is 0.555. The van der Waals surface area contributed by atoms with Gasteiger partial charge in [0, 0.05) is 10.9 Å². The van der Waals surface area contributed by atoms with Crippen molar-refractivity contribution in [1.29, 1.82) is 0 Å². The van der Waals surface area contributed by atoms with E-state index in [1.54, 1.807) is 24.3 Å². The molecule has 0 saturated carbocycles. The average molecular weight is 393 g/mol. The number of fused-ring (bicyclic) bond motifs is 1. The molecule has 0 aliphatic rings. The maximum Gasteiger partial charge on any atom is 0.432 e. The summed E-state index contributed by atoms with van der Waals surface area (Å²) in [6.07, 6.45) is -3.40. The highest BCUT2D eigenvalue weighted by molar-refractivity contribution is 7.16. The fourth-order valence-electron chi connectivity index (χ4n) is 2.50. The molecule has 12 heteroatoms. The summed E-state index contributed by atoms with van der Waals surface area (Å²) in [7, 11) is 0. The van der Waals surface area contributed by atoms with Gasteiger partial charge in [-0.3, -0.25) is 9.20 Å². The molecule has 0 radical (unpaired) electrons. The van der Waals surface area contributed by atoms with Crippen molar-refractivity contribution in [3.05, 3.63) is 47.2 Å². The maximum absolute atomic E-state index is 12.9. The zero-order valence-electron chi connectivity index (χ0n) is 13.4. The van der Waals surface area contributed by atoms with Gasteiger partial charge in [0.2, 0.25) is 11.7 Å². The van der Waals surface area contributed by atoms with Gasteiger partial charge in [0.05, 0.1) is 6.42 Å². The number of carbonyl (C=O) groups excluding carboxylic acids is 1. The number of carbonyl (C=O) groups is 1. The number of thiazole rings is 1. The molecular formula is C15H10F3N7OS. The molecule has 2 N–H and O–H groups in total. The molecule has 0 saturated heterocycles. The first-order valence-electron chi connectivity index (χ1n) is 7.56. The number of halogens is 3. The Morgan fingerprint density at radius 1 is 1.26 bits per heavy atom. The van der Waals surface area contributed by atoms with E-state index in [9.17, 15) is 18.0 Å². The largest absolute Gasteiger partial charge is 0.432 e. The minimum Gasteiger partial charge on any atom is -0.308 e. The third-order valence-corrected chi connectivity index (χ3v) is 4.69. The summed E-state index contributed by atoms with van der Waals surface area (Å²) in [5, 5.41) is 17.1. The number of amides is 1. The number of nitrogens with one attached hydrogen (secondary N) is 2. The van der Waals surface area contributed by atoms with E-state index in [2.05, 4.69) is 30.9 Å². The van der Waals surface area contributed by atoms with Gasteiger partial charge in [-0.05, 0) is 10.8 Å². The zero-order valence-corrected chi connectivity index (χ0v) is 14.2. The van der Waals surface area contributed by atoms with Gasteiger partial charge in [-0.15, -0.1) is 21.5 Å². The Balaban J connectivity index is 1.47. The normalized spacial score (nSPS) is 11.8. The molecule has 0 atom stereocenters. The first-order chi connectivity index (χ1) is 12.9. The van der Waals surface area contributed by atoms with Crippen LogP contribution in [0.15, 0.2) is 36.0 Å². The fraction of sp³-hybridized carbons (Fsp3) is 0.133. The lowest BCUT2D eigenvalue weighted by atomic mass is 10.1. The summed E-state index contributed by atoms with van der Waals surface area (Å²) in [5.41, 5.74) is 0.631. The lowest BCUT2D eigenvalue weighted by Crippen LogP contribution is -2.14. The number of alkyl halides is 3. The Bertz CT molecular complexity index is 1080. The van der Waals surface area contributed by atoms with E-state index in [-0.39, 0.29) is 23.0 Å². The maximum atomic E-state index is 12.9. The van der Waals surface area contributed by atoms with Gasteiger partial charge in [-0.2, -0.15) is 18.4 Å². The van der Waals surface area contributed by atoms with Crippen LogP contribution in [0.5, 0.6) is 0 Å². The van der Waals surface area contributed by atoms with Gasteiger partial charge in [0.25, 0.3) is 0 Å². The molecule has 1 amide bonds. The van der Waals surface area contributed by atoms with Crippen LogP contribution in [0.4, 0.5) is 19.0 Å². The number of aromatic amines is 1. The van der Waals surface area contributed by atoms with E-state index in [1.807, 2.05) is 0 Å². The number of tetrazole rings is 1. The van der Waals surface area contributed by atoms with E-state index in [1.165, 1.54) is 0 Å². The van der Waals surface area contributed by atoms with E-state index in [0.717, 1.165) is 38.6 Å². The second-order valence-corrected chi connectivity index (χ2v) is 6.40. The number of rotatable bonds is 4. The van der Waals surface area contributed by atoms with Crippen LogP contribution in [0, 0.1) is 0 Å². The molecule has 0 bridgehead atoms. The molecule has 0 aliphatic carbocycles. The second-order valence-electron chi connectivity index (χ2n) is 5.54. The van der Waals surface area contributed by atoms with Crippen molar-refractivity contribution < 1.29 is 18.0 Å². The van der Waals surface area contributed by atoms with Gasteiger partial charge in [-0.1, -0.05) is 24.3 Å². The summed E-state index contributed by atoms with van der Waals surface area (Å²) in [6, 6.07) is 6.97. The highest BCUT2D eigenvalue weighted by Gasteiger charge is 2.35. The number of benzene rings is 1. The molecule has 3 heterocycles. The first kappa shape index (κ1) is 17.1. The Morgan fingerprint density at radius 3 is 2.70 bits per heavy atom. The first-order valence-corrected chi connectivity index (χ1v) is 8.44. The second kappa shape index (κ2) is 6.46. The topological polar surface area (TPSA) is 101 Å². The molecule has 0 fully saturated rings. The lowest BCUT2D eigenvalue weighted by Gasteiger charge is -2.04. The average Bonchev–Trinajstić information content (AvgIpc) is 3.33. The number of hydrogen-bond donors (Lipinski definition) is 2. The summed E-state index contributed by atoms with van der Waals surface area (Å²) in [6.45, 7) is 0. The van der Waals surface area contributed by atoms with Crippen LogP contribution in [0.25, 0.3) is 16.2 Å². The molecule has 3 aromatic heterocycles. The highest BCUT2D eigenvalue weighted by Crippen LogP contribution is 2.34. The Labute approximate surface area is 153 Å². The third kappa shape index (κ3) is 3.38. The van der Waals surface area contributed by atoms with Crippen molar-refractivity contribution in [2.24, 2.45) is 0 Å². The van der Waals surface area contributed by atoms with Gasteiger partial charge in [0.1, 0.15) is 16.9 Å². The number of H-pyrrole nitrogens is 1. The van der Waals surface area contributed by atoms with E-state index in [4.69, 9.17) is 0 Å². The van der Waals surface area contributed by atoms with E-state index in [0.29, 0.717) is 5.82 Å². The van der Waals surface area contributed by atoms with Crippen molar-refractivity contribution in [3.8, 4) is 11.4 Å². The SMILES string of the molecule is O=C(Cc1ccc(-c2nn[nH]n2)cc1)Nc1ncn2c(C(F)(F)F)csc12. The van der Waals surface area contributed by atoms with Crippen molar-refractivity contribution in [1.82, 2.24) is 30.0 Å². The summed E-state index contributed by atoms with van der Waals surface area (Å²) < 4.78 is 39.6. The van der Waals surface area contributed by atoms with Crippen molar-refractivity contribution in [2.45, 2.75) is 12.6 Å². The van der Waals surface area contributed by atoms with Crippen molar-refractivity contribution >= 4 is 27.9 Å². The summed E-state index contributed by atoms with van der Waals surface area (Å²) in [5.74, 6) is 0.151. The summed E-state index contributed by atoms with van der Waals surface area (Å²) >= 11 is 0.866. The predicted molar refractivity (Wildman–Crippen MR) is 90.0 cm³/mol. The highest BCUT2D eigenvalue weighted by atomic mass is 32.1. The smallest absolute Gasteiger partial charge is 0.308 e. The lowest BCUT2D eigenvalue weighted by molar-refractivity contribution is -0.141. The molecule has 27 heavy (non-hydrogen) atoms. The van der Waals surface area contributed by atoms with Crippen LogP contribution < -0.4 is 5.32 Å². The van der Waals surface area contributed by atoms with Crippen molar-refractivity contribution in [2.75, 3.05) is 5.32 Å². The molecule has 4 rings (SSSR count). The molecule has 0 aliphatic heterocycles. The molecule has 0 unspecified atom stereocenters.